The standard InChI is InChI=1S/C23H20F2N2O2/c1-15(18-12-19(24)14-20(25)13-18)27(22(28)17-10-6-3-7-11-17)23(29)21(26)16-8-4-2-5-9-16/h2-15,21H,26H2,1H3/t15-,21-/m1/s1. The second kappa shape index (κ2) is 8.75. The summed E-state index contributed by atoms with van der Waals surface area (Å²) in [5.41, 5.74) is 7.09. The number of hydrogen-bond acceptors (Lipinski definition) is 3. The largest absolute Gasteiger partial charge is 0.316 e. The average molecular weight is 394 g/mol. The topological polar surface area (TPSA) is 63.4 Å². The first kappa shape index (κ1) is 20.4. The van der Waals surface area contributed by atoms with Gasteiger partial charge in [-0.15, -0.1) is 0 Å². The van der Waals surface area contributed by atoms with Crippen LogP contribution in [-0.4, -0.2) is 16.7 Å². The summed E-state index contributed by atoms with van der Waals surface area (Å²) in [7, 11) is 0. The lowest BCUT2D eigenvalue weighted by atomic mass is 10.0. The maximum atomic E-state index is 13.7. The monoisotopic (exact) mass is 394 g/mol. The van der Waals surface area contributed by atoms with Gasteiger partial charge in [-0.1, -0.05) is 48.5 Å². The van der Waals surface area contributed by atoms with Crippen molar-refractivity contribution < 1.29 is 18.4 Å². The first-order valence-corrected chi connectivity index (χ1v) is 9.07. The Morgan fingerprint density at radius 3 is 1.90 bits per heavy atom. The fraction of sp³-hybridized carbons (Fsp3) is 0.130. The number of nitrogens with two attached hydrogens (primary N) is 1. The number of carbonyl (C=O) groups excluding carboxylic acids is 2. The maximum absolute atomic E-state index is 13.7. The van der Waals surface area contributed by atoms with E-state index in [4.69, 9.17) is 5.73 Å². The van der Waals surface area contributed by atoms with Gasteiger partial charge in [0.1, 0.15) is 17.7 Å². The van der Waals surface area contributed by atoms with Crippen molar-refractivity contribution in [2.24, 2.45) is 5.73 Å². The van der Waals surface area contributed by atoms with Crippen LogP contribution in [0.3, 0.4) is 0 Å². The lowest BCUT2D eigenvalue weighted by Gasteiger charge is -2.30. The van der Waals surface area contributed by atoms with E-state index in [1.807, 2.05) is 0 Å². The van der Waals surface area contributed by atoms with Crippen LogP contribution in [-0.2, 0) is 4.79 Å². The van der Waals surface area contributed by atoms with Gasteiger partial charge in [-0.2, -0.15) is 0 Å². The molecule has 0 saturated heterocycles. The molecule has 4 nitrogen and oxygen atoms in total. The summed E-state index contributed by atoms with van der Waals surface area (Å²) < 4.78 is 27.5. The fourth-order valence-electron chi connectivity index (χ4n) is 3.10. The third-order valence-corrected chi connectivity index (χ3v) is 4.66. The first-order valence-electron chi connectivity index (χ1n) is 9.07. The zero-order valence-electron chi connectivity index (χ0n) is 15.8. The van der Waals surface area contributed by atoms with E-state index < -0.39 is 35.5 Å². The van der Waals surface area contributed by atoms with Gasteiger partial charge in [-0.25, -0.2) is 8.78 Å². The lowest BCUT2D eigenvalue weighted by molar-refractivity contribution is -0.131. The molecule has 2 N–H and O–H groups in total. The van der Waals surface area contributed by atoms with Crippen LogP contribution in [0.2, 0.25) is 0 Å². The predicted molar refractivity (Wildman–Crippen MR) is 106 cm³/mol. The van der Waals surface area contributed by atoms with Gasteiger partial charge in [-0.05, 0) is 42.3 Å². The Hall–Kier alpha value is -3.38. The van der Waals surface area contributed by atoms with Crippen LogP contribution < -0.4 is 5.73 Å². The minimum absolute atomic E-state index is 0.153. The van der Waals surface area contributed by atoms with Crippen LogP contribution in [0.1, 0.15) is 40.5 Å². The van der Waals surface area contributed by atoms with E-state index in [9.17, 15) is 18.4 Å². The third kappa shape index (κ3) is 4.55. The molecule has 0 bridgehead atoms. The number of benzene rings is 3. The number of rotatable bonds is 5. The highest BCUT2D eigenvalue weighted by molar-refractivity contribution is 6.06. The SMILES string of the molecule is C[C@H](c1cc(F)cc(F)c1)N(C(=O)c1ccccc1)C(=O)[C@H](N)c1ccccc1. The molecule has 0 radical (unpaired) electrons. The molecule has 3 rings (SSSR count). The summed E-state index contributed by atoms with van der Waals surface area (Å²) in [6, 6.07) is 17.7. The van der Waals surface area contributed by atoms with Crippen LogP contribution in [0.15, 0.2) is 78.9 Å². The van der Waals surface area contributed by atoms with E-state index in [0.29, 0.717) is 5.56 Å². The van der Waals surface area contributed by atoms with E-state index >= 15 is 0 Å². The molecule has 2 amide bonds. The molecule has 0 saturated carbocycles. The smallest absolute Gasteiger partial charge is 0.261 e. The van der Waals surface area contributed by atoms with Crippen LogP contribution in [0, 0.1) is 11.6 Å². The van der Waals surface area contributed by atoms with Crippen LogP contribution in [0.5, 0.6) is 0 Å². The molecule has 0 aliphatic rings. The molecule has 0 aliphatic carbocycles. The Kier molecular flexibility index (Phi) is 6.14. The number of amides is 2. The van der Waals surface area contributed by atoms with Gasteiger partial charge < -0.3 is 5.73 Å². The Balaban J connectivity index is 2.03. The lowest BCUT2D eigenvalue weighted by Crippen LogP contribution is -2.44. The Morgan fingerprint density at radius 2 is 1.34 bits per heavy atom. The molecule has 0 fully saturated rings. The van der Waals surface area contributed by atoms with E-state index in [1.54, 1.807) is 60.7 Å². The summed E-state index contributed by atoms with van der Waals surface area (Å²) >= 11 is 0. The van der Waals surface area contributed by atoms with Crippen molar-refractivity contribution in [2.75, 3.05) is 0 Å². The van der Waals surface area contributed by atoms with Crippen molar-refractivity contribution in [3.63, 3.8) is 0 Å². The van der Waals surface area contributed by atoms with Crippen molar-refractivity contribution in [1.29, 1.82) is 0 Å². The van der Waals surface area contributed by atoms with Gasteiger partial charge in [0.15, 0.2) is 0 Å². The van der Waals surface area contributed by atoms with Gasteiger partial charge in [0.25, 0.3) is 11.8 Å². The minimum Gasteiger partial charge on any atom is -0.316 e. The number of nitrogens with zero attached hydrogens (tertiary/aromatic N) is 1. The molecular weight excluding hydrogens is 374 g/mol. The van der Waals surface area contributed by atoms with Crippen LogP contribution in [0.25, 0.3) is 0 Å². The number of hydrogen-bond donors (Lipinski definition) is 1. The summed E-state index contributed by atoms with van der Waals surface area (Å²) in [4.78, 5) is 27.4. The predicted octanol–water partition coefficient (Wildman–Crippen LogP) is 4.39. The van der Waals surface area contributed by atoms with Gasteiger partial charge >= 0.3 is 0 Å². The molecular formula is C23H20F2N2O2. The molecule has 29 heavy (non-hydrogen) atoms. The second-order valence-electron chi connectivity index (χ2n) is 6.65. The quantitative estimate of drug-likeness (QED) is 0.698. The van der Waals surface area contributed by atoms with E-state index in [0.717, 1.165) is 23.1 Å². The van der Waals surface area contributed by atoms with Crippen molar-refractivity contribution >= 4 is 11.8 Å². The maximum Gasteiger partial charge on any atom is 0.261 e. The highest BCUT2D eigenvalue weighted by Gasteiger charge is 2.33. The molecule has 2 atom stereocenters. The van der Waals surface area contributed by atoms with E-state index in [2.05, 4.69) is 0 Å². The normalized spacial score (nSPS) is 12.8. The van der Waals surface area contributed by atoms with Gasteiger partial charge in [0, 0.05) is 11.6 Å². The molecule has 3 aromatic rings. The van der Waals surface area contributed by atoms with Gasteiger partial charge in [0.05, 0.1) is 6.04 Å². The molecule has 0 unspecified atom stereocenters. The molecule has 0 aliphatic heterocycles. The zero-order valence-corrected chi connectivity index (χ0v) is 15.8. The fourth-order valence-corrected chi connectivity index (χ4v) is 3.10. The summed E-state index contributed by atoms with van der Waals surface area (Å²) in [6.45, 7) is 1.53. The molecule has 0 spiro atoms. The molecule has 148 valence electrons. The average Bonchev–Trinajstić information content (AvgIpc) is 2.73. The van der Waals surface area contributed by atoms with Gasteiger partial charge in [-0.3, -0.25) is 14.5 Å². The highest BCUT2D eigenvalue weighted by atomic mass is 19.1. The molecule has 0 aromatic heterocycles. The van der Waals surface area contributed by atoms with Crippen LogP contribution in [0.4, 0.5) is 8.78 Å². The summed E-state index contributed by atoms with van der Waals surface area (Å²) in [6.07, 6.45) is 0. The minimum atomic E-state index is -1.11. The second-order valence-corrected chi connectivity index (χ2v) is 6.65. The molecule has 0 heterocycles. The zero-order chi connectivity index (χ0) is 21.0. The van der Waals surface area contributed by atoms with Crippen molar-refractivity contribution in [3.05, 3.63) is 107 Å². The summed E-state index contributed by atoms with van der Waals surface area (Å²) in [5, 5.41) is 0. The van der Waals surface area contributed by atoms with Crippen molar-refractivity contribution in [2.45, 2.75) is 19.0 Å². The van der Waals surface area contributed by atoms with Crippen molar-refractivity contribution in [1.82, 2.24) is 4.90 Å². The Bertz CT molecular complexity index is 990. The Morgan fingerprint density at radius 1 is 0.828 bits per heavy atom. The van der Waals surface area contributed by atoms with Crippen LogP contribution >= 0.6 is 0 Å². The van der Waals surface area contributed by atoms with E-state index in [1.165, 1.54) is 6.92 Å². The third-order valence-electron chi connectivity index (χ3n) is 4.66. The first-order chi connectivity index (χ1) is 13.9. The highest BCUT2D eigenvalue weighted by Crippen LogP contribution is 2.27. The van der Waals surface area contributed by atoms with Gasteiger partial charge in [0.2, 0.25) is 0 Å². The molecule has 3 aromatic carbocycles. The Labute approximate surface area is 167 Å². The van der Waals surface area contributed by atoms with E-state index in [-0.39, 0.29) is 11.1 Å². The number of imide groups is 1. The summed E-state index contributed by atoms with van der Waals surface area (Å²) in [5.74, 6) is -2.85. The number of halogens is 2. The molecule has 6 heteroatoms. The van der Waals surface area contributed by atoms with Crippen molar-refractivity contribution in [3.8, 4) is 0 Å². The number of carbonyl (C=O) groups is 2.